The molecule has 1 atom stereocenters. The Kier molecular flexibility index (Phi) is 9.26. The van der Waals surface area contributed by atoms with Gasteiger partial charge in [0.15, 0.2) is 23.0 Å². The third-order valence-electron chi connectivity index (χ3n) is 7.38. The molecule has 13 heteroatoms. The van der Waals surface area contributed by atoms with Crippen molar-refractivity contribution in [1.29, 1.82) is 0 Å². The van der Waals surface area contributed by atoms with Crippen LogP contribution in [0, 0.1) is 0 Å². The topological polar surface area (TPSA) is 145 Å². The first kappa shape index (κ1) is 32.4. The average Bonchev–Trinajstić information content (AvgIpc) is 3.39. The Morgan fingerprint density at radius 2 is 1.50 bits per heavy atom. The van der Waals surface area contributed by atoms with E-state index in [0.717, 1.165) is 15.9 Å². The zero-order valence-electron chi connectivity index (χ0n) is 25.7. The number of hydrogen-bond donors (Lipinski definition) is 1. The number of hydrogen-bond acceptors (Lipinski definition) is 11. The van der Waals surface area contributed by atoms with Gasteiger partial charge in [0.05, 0.1) is 56.0 Å². The number of thiazole rings is 1. The number of esters is 1. The number of nitrogens with two attached hydrogens (primary N) is 1. The molecule has 0 spiro atoms. The highest BCUT2D eigenvalue weighted by molar-refractivity contribution is 7.95. The fraction of sp³-hybridized carbons (Fsp3) is 0.212. The molecular formula is C33H32N2O9S2. The van der Waals surface area contributed by atoms with Gasteiger partial charge in [0.1, 0.15) is 15.4 Å². The van der Waals surface area contributed by atoms with Gasteiger partial charge in [0.2, 0.25) is 9.84 Å². The van der Waals surface area contributed by atoms with Gasteiger partial charge in [0.25, 0.3) is 5.56 Å². The van der Waals surface area contributed by atoms with Gasteiger partial charge in [-0.2, -0.15) is 0 Å². The van der Waals surface area contributed by atoms with Gasteiger partial charge in [-0.15, -0.1) is 11.3 Å². The summed E-state index contributed by atoms with van der Waals surface area (Å²) < 4.78 is 57.4. The lowest BCUT2D eigenvalue weighted by Crippen LogP contribution is -2.41. The zero-order valence-corrected chi connectivity index (χ0v) is 27.4. The number of nitrogens with zero attached hydrogens (tertiary/aromatic N) is 1. The summed E-state index contributed by atoms with van der Waals surface area (Å²) >= 11 is 0.991. The molecule has 3 aromatic carbocycles. The van der Waals surface area contributed by atoms with Gasteiger partial charge in [-0.05, 0) is 60.5 Å². The van der Waals surface area contributed by atoms with E-state index in [4.69, 9.17) is 29.4 Å². The number of aromatic nitrogens is 1. The summed E-state index contributed by atoms with van der Waals surface area (Å²) in [7, 11) is 1.53. The summed E-state index contributed by atoms with van der Waals surface area (Å²) in [5.41, 5.74) is 6.98. The number of methoxy groups -OCH3 is 4. The van der Waals surface area contributed by atoms with Gasteiger partial charge in [0, 0.05) is 0 Å². The fourth-order valence-corrected chi connectivity index (χ4v) is 8.14. The van der Waals surface area contributed by atoms with Crippen molar-refractivity contribution in [2.45, 2.75) is 17.7 Å². The van der Waals surface area contributed by atoms with E-state index in [1.54, 1.807) is 67.6 Å². The minimum atomic E-state index is -4.39. The van der Waals surface area contributed by atoms with Crippen molar-refractivity contribution in [3.63, 3.8) is 0 Å². The number of benzene rings is 3. The van der Waals surface area contributed by atoms with Crippen molar-refractivity contribution in [3.05, 3.63) is 102 Å². The Hall–Kier alpha value is -5.01. The first-order chi connectivity index (χ1) is 22.1. The molecular weight excluding hydrogens is 633 g/mol. The lowest BCUT2D eigenvalue weighted by molar-refractivity contribution is -0.136. The molecule has 11 nitrogen and oxygen atoms in total. The second-order valence-corrected chi connectivity index (χ2v) is 12.9. The number of carbonyl (C=O) groups excluding carboxylic acids is 1. The van der Waals surface area contributed by atoms with Crippen LogP contribution in [0.3, 0.4) is 0 Å². The molecule has 0 saturated carbocycles. The van der Waals surface area contributed by atoms with Gasteiger partial charge >= 0.3 is 5.97 Å². The number of allylic oxidation sites excluding steroid dienone is 1. The highest BCUT2D eigenvalue weighted by atomic mass is 32.2. The van der Waals surface area contributed by atoms with Crippen molar-refractivity contribution < 1.29 is 36.9 Å². The number of carbonyl (C=O) groups is 1. The zero-order chi connectivity index (χ0) is 33.2. The highest BCUT2D eigenvalue weighted by Crippen LogP contribution is 2.44. The van der Waals surface area contributed by atoms with Crippen molar-refractivity contribution in [2.75, 3.05) is 35.0 Å². The average molecular weight is 665 g/mol. The largest absolute Gasteiger partial charge is 0.493 e. The maximum atomic E-state index is 14.4. The van der Waals surface area contributed by atoms with E-state index < -0.39 is 27.3 Å². The Labute approximate surface area is 269 Å². The normalized spacial score (nSPS) is 14.9. The molecule has 0 amide bonds. The van der Waals surface area contributed by atoms with Crippen LogP contribution in [0.5, 0.6) is 23.0 Å². The monoisotopic (exact) mass is 664 g/mol. The first-order valence-corrected chi connectivity index (χ1v) is 16.3. The molecule has 2 N–H and O–H groups in total. The van der Waals surface area contributed by atoms with Gasteiger partial charge in [-0.1, -0.05) is 30.3 Å². The minimum absolute atomic E-state index is 0.00118. The number of sulfone groups is 1. The second-order valence-electron chi connectivity index (χ2n) is 9.92. The van der Waals surface area contributed by atoms with Crippen LogP contribution in [0.15, 0.2) is 81.3 Å². The predicted molar refractivity (Wildman–Crippen MR) is 174 cm³/mol. The van der Waals surface area contributed by atoms with Crippen molar-refractivity contribution >= 4 is 44.6 Å². The molecule has 2 heterocycles. The molecule has 0 unspecified atom stereocenters. The van der Waals surface area contributed by atoms with Crippen LogP contribution in [0.4, 0.5) is 0 Å². The second kappa shape index (κ2) is 13.2. The van der Waals surface area contributed by atoms with E-state index in [-0.39, 0.29) is 37.0 Å². The molecule has 0 aliphatic carbocycles. The first-order valence-electron chi connectivity index (χ1n) is 14.0. The van der Waals surface area contributed by atoms with Crippen molar-refractivity contribution in [2.24, 2.45) is 5.73 Å². The molecule has 0 bridgehead atoms. The summed E-state index contributed by atoms with van der Waals surface area (Å²) in [6.07, 6.45) is 1.60. The van der Waals surface area contributed by atoms with Crippen molar-refractivity contribution in [3.8, 4) is 23.0 Å². The standard InChI is InChI=1S/C33H32N2O9S2/c1-6-44-33(37)28-27(20-13-15-23(41-3)25(18-20)43-5)29(46(38,39)21-10-8-7-9-11-21)30(34)35-31(36)26(45-32(28)35)17-19-12-14-22(40-2)24(16-19)42-4/h7-18,27H,6,34H2,1-5H3/b26-17+/t27-/m1/s1. The Morgan fingerprint density at radius 1 is 0.891 bits per heavy atom. The van der Waals surface area contributed by atoms with Crippen molar-refractivity contribution in [1.82, 2.24) is 4.57 Å². The van der Waals surface area contributed by atoms with E-state index in [0.29, 0.717) is 34.1 Å². The molecule has 46 heavy (non-hydrogen) atoms. The highest BCUT2D eigenvalue weighted by Gasteiger charge is 2.42. The van der Waals surface area contributed by atoms with Crippen LogP contribution in [0.2, 0.25) is 0 Å². The maximum Gasteiger partial charge on any atom is 0.338 e. The molecule has 5 rings (SSSR count). The van der Waals surface area contributed by atoms with E-state index in [9.17, 15) is 18.0 Å². The Balaban J connectivity index is 1.91. The summed E-state index contributed by atoms with van der Waals surface area (Å²) in [5.74, 6) is -0.765. The van der Waals surface area contributed by atoms with Crippen LogP contribution >= 0.6 is 11.3 Å². The maximum absolute atomic E-state index is 14.4. The quantitative estimate of drug-likeness (QED) is 0.251. The van der Waals surface area contributed by atoms with E-state index in [1.165, 1.54) is 40.6 Å². The van der Waals surface area contributed by atoms with E-state index in [1.807, 2.05) is 0 Å². The molecule has 4 aromatic rings. The van der Waals surface area contributed by atoms with Crippen LogP contribution < -0.4 is 39.4 Å². The molecule has 1 aromatic heterocycles. The van der Waals surface area contributed by atoms with Crippen LogP contribution in [0.1, 0.15) is 24.0 Å². The van der Waals surface area contributed by atoms with Gasteiger partial charge < -0.3 is 29.4 Å². The Morgan fingerprint density at radius 3 is 2.11 bits per heavy atom. The lowest BCUT2D eigenvalue weighted by atomic mass is 9.89. The molecule has 0 radical (unpaired) electrons. The third kappa shape index (κ3) is 5.63. The van der Waals surface area contributed by atoms with Crippen LogP contribution in [-0.2, 0) is 19.4 Å². The summed E-state index contributed by atoms with van der Waals surface area (Å²) in [6.45, 7) is 1.64. The smallest absolute Gasteiger partial charge is 0.338 e. The number of fused-ring (bicyclic) bond motifs is 1. The van der Waals surface area contributed by atoms with Crippen LogP contribution in [0.25, 0.3) is 17.5 Å². The summed E-state index contributed by atoms with van der Waals surface area (Å²) in [4.78, 5) is 27.5. The predicted octanol–water partition coefficient (Wildman–Crippen LogP) is 2.84. The summed E-state index contributed by atoms with van der Waals surface area (Å²) in [5, 5.41) is 0. The molecule has 1 aliphatic heterocycles. The fourth-order valence-electron chi connectivity index (χ4n) is 5.27. The minimum Gasteiger partial charge on any atom is -0.493 e. The Bertz CT molecular complexity index is 2130. The third-order valence-corrected chi connectivity index (χ3v) is 10.4. The molecule has 1 aliphatic rings. The lowest BCUT2D eigenvalue weighted by Gasteiger charge is -2.28. The van der Waals surface area contributed by atoms with Gasteiger partial charge in [-0.3, -0.25) is 9.36 Å². The number of rotatable bonds is 10. The van der Waals surface area contributed by atoms with E-state index in [2.05, 4.69) is 0 Å². The molecule has 240 valence electrons. The molecule has 0 fully saturated rings. The SMILES string of the molecule is CCOC(=O)C1=c2s/c(=C/c3ccc(OC)c(OC)c3)c(=O)n2C(N)=C(S(=O)(=O)c2ccccc2)[C@@H]1c1ccc(OC)c(OC)c1. The molecule has 0 saturated heterocycles. The summed E-state index contributed by atoms with van der Waals surface area (Å²) in [6, 6.07) is 17.6. The van der Waals surface area contributed by atoms with Crippen LogP contribution in [-0.4, -0.2) is 54.0 Å². The van der Waals surface area contributed by atoms with E-state index >= 15 is 0 Å². The van der Waals surface area contributed by atoms with Gasteiger partial charge in [-0.25, -0.2) is 13.2 Å². The number of ether oxygens (including phenoxy) is 5.